The fourth-order valence-corrected chi connectivity index (χ4v) is 2.25. The van der Waals surface area contributed by atoms with E-state index in [2.05, 4.69) is 6.92 Å². The molecule has 2 aromatic carbocycles. The highest BCUT2D eigenvalue weighted by Gasteiger charge is 2.20. The highest BCUT2D eigenvalue weighted by Crippen LogP contribution is 2.25. The van der Waals surface area contributed by atoms with Gasteiger partial charge in [-0.3, -0.25) is 4.79 Å². The number of anilines is 1. The normalized spacial score (nSPS) is 10.4. The molecule has 2 rings (SSSR count). The summed E-state index contributed by atoms with van der Waals surface area (Å²) in [6, 6.07) is 14.9. The molecule has 21 heavy (non-hydrogen) atoms. The maximum absolute atomic E-state index is 12.8. The third-order valence-corrected chi connectivity index (χ3v) is 3.52. The fourth-order valence-electron chi connectivity index (χ4n) is 2.25. The van der Waals surface area contributed by atoms with Crippen LogP contribution in [0.4, 0.5) is 5.69 Å². The van der Waals surface area contributed by atoms with Gasteiger partial charge in [-0.25, -0.2) is 0 Å². The van der Waals surface area contributed by atoms with Crippen LogP contribution in [0.15, 0.2) is 48.5 Å². The number of carbonyl (C=O) groups excluding carboxylic acids is 1. The summed E-state index contributed by atoms with van der Waals surface area (Å²) in [5.74, 6) is -0.0872. The predicted octanol–water partition coefficient (Wildman–Crippen LogP) is 4.15. The van der Waals surface area contributed by atoms with Crippen molar-refractivity contribution in [3.63, 3.8) is 0 Å². The molecule has 0 aliphatic heterocycles. The van der Waals surface area contributed by atoms with Gasteiger partial charge in [0.25, 0.3) is 5.91 Å². The lowest BCUT2D eigenvalue weighted by molar-refractivity contribution is 0.0984. The van der Waals surface area contributed by atoms with E-state index in [1.165, 1.54) is 0 Å². The van der Waals surface area contributed by atoms with E-state index >= 15 is 0 Å². The molecule has 0 aliphatic carbocycles. The van der Waals surface area contributed by atoms with Crippen LogP contribution >= 0.6 is 0 Å². The lowest BCUT2D eigenvalue weighted by Crippen LogP contribution is -2.32. The number of para-hydroxylation sites is 2. The van der Waals surface area contributed by atoms with Gasteiger partial charge < -0.3 is 10.0 Å². The highest BCUT2D eigenvalue weighted by atomic mass is 16.3. The average molecular weight is 283 g/mol. The first kappa shape index (κ1) is 15.1. The smallest absolute Gasteiger partial charge is 0.262 e. The molecule has 0 radical (unpaired) electrons. The number of aryl methyl sites for hydroxylation is 1. The molecule has 3 nitrogen and oxygen atoms in total. The Morgan fingerprint density at radius 1 is 1.10 bits per heavy atom. The number of hydrogen-bond donors (Lipinski definition) is 1. The van der Waals surface area contributed by atoms with Crippen molar-refractivity contribution in [3.8, 4) is 5.75 Å². The van der Waals surface area contributed by atoms with E-state index in [1.807, 2.05) is 30.3 Å². The van der Waals surface area contributed by atoms with Crippen LogP contribution in [0, 0.1) is 6.92 Å². The molecule has 0 aromatic heterocycles. The molecule has 1 amide bonds. The van der Waals surface area contributed by atoms with Gasteiger partial charge in [-0.1, -0.05) is 43.7 Å². The van der Waals surface area contributed by atoms with Crippen LogP contribution in [0.25, 0.3) is 0 Å². The van der Waals surface area contributed by atoms with Crippen molar-refractivity contribution in [1.82, 2.24) is 0 Å². The summed E-state index contributed by atoms with van der Waals surface area (Å²) < 4.78 is 0. The molecule has 0 saturated heterocycles. The van der Waals surface area contributed by atoms with Crippen LogP contribution in [-0.4, -0.2) is 17.6 Å². The summed E-state index contributed by atoms with van der Waals surface area (Å²) in [5, 5.41) is 10.1. The number of phenols is 1. The zero-order valence-electron chi connectivity index (χ0n) is 12.5. The minimum atomic E-state index is -0.157. The quantitative estimate of drug-likeness (QED) is 0.895. The molecule has 0 unspecified atom stereocenters. The van der Waals surface area contributed by atoms with Crippen LogP contribution in [0.1, 0.15) is 35.7 Å². The van der Waals surface area contributed by atoms with Gasteiger partial charge >= 0.3 is 0 Å². The maximum atomic E-state index is 12.8. The fraction of sp³-hybridized carbons (Fsp3) is 0.278. The number of unbranched alkanes of at least 4 members (excludes halogenated alkanes) is 1. The molecule has 0 atom stereocenters. The zero-order chi connectivity index (χ0) is 15.2. The standard InChI is InChI=1S/C18H21NO2/c1-3-4-13-19(15-10-6-5-7-11-15)18(21)16-12-8-9-14(2)17(16)20/h5-12,20H,3-4,13H2,1-2H3. The number of hydrogen-bond acceptors (Lipinski definition) is 2. The van der Waals surface area contributed by atoms with Crippen molar-refractivity contribution in [2.75, 3.05) is 11.4 Å². The van der Waals surface area contributed by atoms with Gasteiger partial charge in [-0.05, 0) is 37.1 Å². The molecule has 0 saturated carbocycles. The SMILES string of the molecule is CCCCN(C(=O)c1cccc(C)c1O)c1ccccc1. The van der Waals surface area contributed by atoms with E-state index in [0.717, 1.165) is 18.5 Å². The van der Waals surface area contributed by atoms with Gasteiger partial charge in [0.05, 0.1) is 5.56 Å². The number of phenolic OH excluding ortho intramolecular Hbond substituents is 1. The van der Waals surface area contributed by atoms with E-state index in [9.17, 15) is 9.90 Å². The molecule has 0 fully saturated rings. The van der Waals surface area contributed by atoms with E-state index in [0.29, 0.717) is 17.7 Å². The van der Waals surface area contributed by atoms with Crippen molar-refractivity contribution in [3.05, 3.63) is 59.7 Å². The number of nitrogens with zero attached hydrogens (tertiary/aromatic N) is 1. The largest absolute Gasteiger partial charge is 0.507 e. The molecule has 0 heterocycles. The van der Waals surface area contributed by atoms with E-state index in [1.54, 1.807) is 30.0 Å². The first-order valence-corrected chi connectivity index (χ1v) is 7.30. The molecule has 0 spiro atoms. The molecule has 0 bridgehead atoms. The topological polar surface area (TPSA) is 40.5 Å². The predicted molar refractivity (Wildman–Crippen MR) is 85.9 cm³/mol. The molecule has 0 aliphatic rings. The van der Waals surface area contributed by atoms with Gasteiger partial charge in [0, 0.05) is 12.2 Å². The Morgan fingerprint density at radius 2 is 1.81 bits per heavy atom. The summed E-state index contributed by atoms with van der Waals surface area (Å²) >= 11 is 0. The van der Waals surface area contributed by atoms with E-state index < -0.39 is 0 Å². The van der Waals surface area contributed by atoms with Crippen molar-refractivity contribution in [1.29, 1.82) is 0 Å². The Hall–Kier alpha value is -2.29. The van der Waals surface area contributed by atoms with Crippen molar-refractivity contribution >= 4 is 11.6 Å². The van der Waals surface area contributed by atoms with Crippen molar-refractivity contribution in [2.24, 2.45) is 0 Å². The van der Waals surface area contributed by atoms with E-state index in [4.69, 9.17) is 0 Å². The maximum Gasteiger partial charge on any atom is 0.262 e. The highest BCUT2D eigenvalue weighted by molar-refractivity contribution is 6.08. The number of rotatable bonds is 5. The molecule has 110 valence electrons. The summed E-state index contributed by atoms with van der Waals surface area (Å²) in [5.41, 5.74) is 1.93. The summed E-state index contributed by atoms with van der Waals surface area (Å²) in [6.45, 7) is 4.54. The molecular formula is C18H21NO2. The zero-order valence-corrected chi connectivity index (χ0v) is 12.5. The second-order valence-electron chi connectivity index (χ2n) is 5.12. The second-order valence-corrected chi connectivity index (χ2v) is 5.12. The Kier molecular flexibility index (Phi) is 4.99. The van der Waals surface area contributed by atoms with Crippen LogP contribution in [0.2, 0.25) is 0 Å². The third kappa shape index (κ3) is 3.43. The minimum absolute atomic E-state index is 0.0694. The Bertz CT molecular complexity index is 608. The third-order valence-electron chi connectivity index (χ3n) is 3.52. The van der Waals surface area contributed by atoms with Crippen molar-refractivity contribution in [2.45, 2.75) is 26.7 Å². The lowest BCUT2D eigenvalue weighted by atomic mass is 10.1. The molecule has 1 N–H and O–H groups in total. The second kappa shape index (κ2) is 6.93. The van der Waals surface area contributed by atoms with Crippen LogP contribution in [0.5, 0.6) is 5.75 Å². The summed E-state index contributed by atoms with van der Waals surface area (Å²) in [6.07, 6.45) is 1.93. The Labute approximate surface area is 125 Å². The molecular weight excluding hydrogens is 262 g/mol. The van der Waals surface area contributed by atoms with Crippen LogP contribution in [0.3, 0.4) is 0 Å². The Balaban J connectivity index is 2.36. The van der Waals surface area contributed by atoms with Gasteiger partial charge in [-0.2, -0.15) is 0 Å². The first-order chi connectivity index (χ1) is 10.1. The van der Waals surface area contributed by atoms with Crippen molar-refractivity contribution < 1.29 is 9.90 Å². The van der Waals surface area contributed by atoms with Gasteiger partial charge in [-0.15, -0.1) is 0 Å². The molecule has 3 heteroatoms. The van der Waals surface area contributed by atoms with Crippen LogP contribution in [-0.2, 0) is 0 Å². The first-order valence-electron chi connectivity index (χ1n) is 7.30. The number of amides is 1. The summed E-state index contributed by atoms with van der Waals surface area (Å²) in [7, 11) is 0. The average Bonchev–Trinajstić information content (AvgIpc) is 2.51. The van der Waals surface area contributed by atoms with Gasteiger partial charge in [0.2, 0.25) is 0 Å². The van der Waals surface area contributed by atoms with Crippen LogP contribution < -0.4 is 4.90 Å². The van der Waals surface area contributed by atoms with Gasteiger partial charge in [0.1, 0.15) is 5.75 Å². The van der Waals surface area contributed by atoms with Gasteiger partial charge in [0.15, 0.2) is 0 Å². The van der Waals surface area contributed by atoms with E-state index in [-0.39, 0.29) is 11.7 Å². The lowest BCUT2D eigenvalue weighted by Gasteiger charge is -2.23. The monoisotopic (exact) mass is 283 g/mol. The Morgan fingerprint density at radius 3 is 2.48 bits per heavy atom. The number of carbonyl (C=O) groups is 1. The molecule has 2 aromatic rings. The number of aromatic hydroxyl groups is 1. The minimum Gasteiger partial charge on any atom is -0.507 e. The summed E-state index contributed by atoms with van der Waals surface area (Å²) in [4.78, 5) is 14.5. The number of benzene rings is 2.